The van der Waals surface area contributed by atoms with E-state index < -0.39 is 17.4 Å². The van der Waals surface area contributed by atoms with E-state index in [2.05, 4.69) is 4.99 Å². The zero-order valence-electron chi connectivity index (χ0n) is 15.8. The third kappa shape index (κ3) is 3.23. The van der Waals surface area contributed by atoms with Crippen molar-refractivity contribution < 1.29 is 18.7 Å². The molecule has 0 saturated carbocycles. The number of phenols is 1. The van der Waals surface area contributed by atoms with Gasteiger partial charge >= 0.3 is 0 Å². The van der Waals surface area contributed by atoms with Gasteiger partial charge in [-0.1, -0.05) is 41.9 Å². The highest BCUT2D eigenvalue weighted by Crippen LogP contribution is 2.46. The number of carbonyl (C=O) groups is 1. The molecule has 0 saturated heterocycles. The Hall–Kier alpha value is -2.90. The Labute approximate surface area is 163 Å². The molecule has 1 aliphatic heterocycles. The maximum absolute atomic E-state index is 13.6. The van der Waals surface area contributed by atoms with Crippen LogP contribution in [0.5, 0.6) is 5.75 Å². The number of nitrogens with zero attached hydrogens (tertiary/aromatic N) is 2. The van der Waals surface area contributed by atoms with Crippen molar-refractivity contribution in [3.8, 4) is 5.75 Å². The van der Waals surface area contributed by atoms with Gasteiger partial charge in [0.2, 0.25) is 5.91 Å². The van der Waals surface area contributed by atoms with Crippen LogP contribution in [0.25, 0.3) is 0 Å². The molecule has 0 bridgehead atoms. The summed E-state index contributed by atoms with van der Waals surface area (Å²) in [5.74, 6) is -4.36. The number of aromatic hydroxyl groups is 1. The van der Waals surface area contributed by atoms with Crippen molar-refractivity contribution in [1.29, 1.82) is 0 Å². The van der Waals surface area contributed by atoms with Crippen LogP contribution in [0.4, 0.5) is 8.78 Å². The molecule has 2 aromatic rings. The van der Waals surface area contributed by atoms with E-state index in [4.69, 9.17) is 13.6 Å². The molecule has 1 amide bonds. The van der Waals surface area contributed by atoms with Gasteiger partial charge < -0.3 is 10.8 Å². The summed E-state index contributed by atoms with van der Waals surface area (Å²) in [5.41, 5.74) is 5.68. The van der Waals surface area contributed by atoms with Crippen LogP contribution in [0.1, 0.15) is 36.5 Å². The number of hydrogen-bond donors (Lipinski definition) is 2. The van der Waals surface area contributed by atoms with Crippen LogP contribution in [-0.2, 0) is 16.3 Å². The number of alkyl halides is 2. The summed E-state index contributed by atoms with van der Waals surface area (Å²) in [6.45, 7) is 2.47. The van der Waals surface area contributed by atoms with Gasteiger partial charge in [-0.3, -0.25) is 9.69 Å². The Bertz CT molecular complexity index is 957. The molecule has 3 N–H and O–H groups in total. The number of nitrogens with two attached hydrogens (primary N) is 1. The predicted molar refractivity (Wildman–Crippen MR) is 104 cm³/mol. The van der Waals surface area contributed by atoms with E-state index in [0.717, 1.165) is 6.92 Å². The van der Waals surface area contributed by atoms with Crippen LogP contribution in [0, 0.1) is 0 Å². The molecular weight excluding hydrogens is 363 g/mol. The number of aliphatic imine (C=N–C) groups is 1. The van der Waals surface area contributed by atoms with Crippen molar-refractivity contribution in [3.05, 3.63) is 59.2 Å². The molecule has 0 aliphatic carbocycles. The Morgan fingerprint density at radius 3 is 2.43 bits per heavy atom. The first-order valence-corrected chi connectivity index (χ1v) is 8.65. The average molecular weight is 383 g/mol. The van der Waals surface area contributed by atoms with Gasteiger partial charge in [-0.25, -0.2) is 13.8 Å². The molecule has 0 unspecified atom stereocenters. The molecule has 2 radical (unpaired) electrons. The van der Waals surface area contributed by atoms with Gasteiger partial charge in [0.1, 0.15) is 19.1 Å². The molecule has 5 nitrogen and oxygen atoms in total. The Kier molecular flexibility index (Phi) is 4.69. The molecule has 0 fully saturated rings. The fourth-order valence-corrected chi connectivity index (χ4v) is 3.53. The molecule has 28 heavy (non-hydrogen) atoms. The highest BCUT2D eigenvalue weighted by atomic mass is 19.3. The number of likely N-dealkylation sites (N-methyl/N-ethyl adjacent to an activating group) is 1. The number of carbonyl (C=O) groups excluding carboxylic acids is 1. The lowest BCUT2D eigenvalue weighted by atomic mass is 9.73. The van der Waals surface area contributed by atoms with Crippen LogP contribution in [0.2, 0.25) is 0 Å². The molecule has 0 spiro atoms. The van der Waals surface area contributed by atoms with Crippen LogP contribution in [0.15, 0.2) is 47.5 Å². The Morgan fingerprint density at radius 2 is 1.86 bits per heavy atom. The second kappa shape index (κ2) is 6.62. The van der Waals surface area contributed by atoms with Gasteiger partial charge in [-0.2, -0.15) is 0 Å². The fourth-order valence-electron chi connectivity index (χ4n) is 3.53. The first-order valence-electron chi connectivity index (χ1n) is 8.65. The lowest BCUT2D eigenvalue weighted by molar-refractivity contribution is -0.130. The van der Waals surface area contributed by atoms with Crippen LogP contribution in [0.3, 0.4) is 0 Å². The molecule has 3 rings (SSSR count). The summed E-state index contributed by atoms with van der Waals surface area (Å²) in [7, 11) is 7.36. The maximum atomic E-state index is 13.6. The number of amides is 1. The lowest BCUT2D eigenvalue weighted by Crippen LogP contribution is -2.52. The van der Waals surface area contributed by atoms with Gasteiger partial charge in [0.05, 0.1) is 5.92 Å². The summed E-state index contributed by atoms with van der Waals surface area (Å²) in [4.78, 5) is 18.8. The standard InChI is InChI=1S/C20H20BF2N3O2/c1-19(14-10-13(21)8-9-15(14)27)16(17(28)26(3)18(24)25-19)11-4-6-12(7-5-11)20(2,22)23/h4-10,16,27H,1-3H3,(H2,24,25)/t16-,19-/m1/s1. The molecule has 2 aromatic carbocycles. The number of benzene rings is 2. The third-order valence-corrected chi connectivity index (χ3v) is 5.15. The summed E-state index contributed by atoms with van der Waals surface area (Å²) < 4.78 is 27.1. The van der Waals surface area contributed by atoms with E-state index in [1.807, 2.05) is 0 Å². The van der Waals surface area contributed by atoms with Crippen molar-refractivity contribution in [2.45, 2.75) is 31.2 Å². The van der Waals surface area contributed by atoms with E-state index in [0.29, 0.717) is 16.6 Å². The molecular formula is C20H20BF2N3O2. The van der Waals surface area contributed by atoms with Crippen molar-refractivity contribution in [3.63, 3.8) is 0 Å². The van der Waals surface area contributed by atoms with Crippen molar-refractivity contribution in [1.82, 2.24) is 4.90 Å². The molecule has 1 heterocycles. The minimum Gasteiger partial charge on any atom is -0.508 e. The largest absolute Gasteiger partial charge is 0.508 e. The summed E-state index contributed by atoms with van der Waals surface area (Å²) in [6.07, 6.45) is 0. The topological polar surface area (TPSA) is 78.9 Å². The zero-order chi connectivity index (χ0) is 20.9. The van der Waals surface area contributed by atoms with E-state index >= 15 is 0 Å². The normalized spacial score (nSPS) is 22.9. The second-order valence-electron chi connectivity index (χ2n) is 7.23. The SMILES string of the molecule is [B]c1ccc(O)c([C@@]2(C)N=C(N)N(C)C(=O)[C@H]2c2ccc(C(C)(F)F)cc2)c1. The molecule has 0 aromatic heterocycles. The number of rotatable bonds is 3. The van der Waals surface area contributed by atoms with Gasteiger partial charge in [0.15, 0.2) is 5.96 Å². The Balaban J connectivity index is 2.21. The summed E-state index contributed by atoms with van der Waals surface area (Å²) in [6, 6.07) is 9.99. The van der Waals surface area contributed by atoms with Crippen LogP contribution in [-0.4, -0.2) is 36.8 Å². The van der Waals surface area contributed by atoms with Crippen LogP contribution < -0.4 is 11.2 Å². The molecule has 144 valence electrons. The fraction of sp³-hybridized carbons (Fsp3) is 0.300. The van der Waals surface area contributed by atoms with E-state index in [-0.39, 0.29) is 23.2 Å². The van der Waals surface area contributed by atoms with Gasteiger partial charge in [-0.15, -0.1) is 0 Å². The third-order valence-electron chi connectivity index (χ3n) is 5.15. The van der Waals surface area contributed by atoms with E-state index in [1.54, 1.807) is 6.92 Å². The maximum Gasteiger partial charge on any atom is 0.270 e. The number of guanidine groups is 1. The second-order valence-corrected chi connectivity index (χ2v) is 7.23. The first-order chi connectivity index (χ1) is 12.9. The minimum atomic E-state index is -3.00. The van der Waals surface area contributed by atoms with Gasteiger partial charge in [-0.05, 0) is 18.6 Å². The Morgan fingerprint density at radius 1 is 1.25 bits per heavy atom. The highest BCUT2D eigenvalue weighted by Gasteiger charge is 2.48. The van der Waals surface area contributed by atoms with E-state index in [1.165, 1.54) is 54.4 Å². The average Bonchev–Trinajstić information content (AvgIpc) is 2.61. The molecule has 8 heteroatoms. The first kappa shape index (κ1) is 19.9. The highest BCUT2D eigenvalue weighted by molar-refractivity contribution is 6.32. The van der Waals surface area contributed by atoms with Gasteiger partial charge in [0.25, 0.3) is 5.92 Å². The van der Waals surface area contributed by atoms with Crippen molar-refractivity contribution in [2.75, 3.05) is 7.05 Å². The quantitative estimate of drug-likeness (QED) is 0.797. The number of halogens is 2. The molecule has 2 atom stereocenters. The lowest BCUT2D eigenvalue weighted by Gasteiger charge is -2.41. The summed E-state index contributed by atoms with van der Waals surface area (Å²) in [5, 5.41) is 10.4. The monoisotopic (exact) mass is 383 g/mol. The number of phenolic OH excluding ortho intramolecular Hbond substituents is 1. The molecule has 1 aliphatic rings. The summed E-state index contributed by atoms with van der Waals surface area (Å²) >= 11 is 0. The smallest absolute Gasteiger partial charge is 0.270 e. The zero-order valence-corrected chi connectivity index (χ0v) is 15.8. The van der Waals surface area contributed by atoms with E-state index in [9.17, 15) is 18.7 Å². The number of hydrogen-bond acceptors (Lipinski definition) is 4. The van der Waals surface area contributed by atoms with Gasteiger partial charge in [0, 0.05) is 25.1 Å². The predicted octanol–water partition coefficient (Wildman–Crippen LogP) is 2.08. The minimum absolute atomic E-state index is 0.0118. The van der Waals surface area contributed by atoms with Crippen molar-refractivity contribution >= 4 is 25.2 Å². The van der Waals surface area contributed by atoms with Crippen LogP contribution >= 0.6 is 0 Å². The van der Waals surface area contributed by atoms with Crippen molar-refractivity contribution in [2.24, 2.45) is 10.7 Å².